The Hall–Kier alpha value is -2.63. The van der Waals surface area contributed by atoms with Crippen LogP contribution in [0.4, 0.5) is 0 Å². The van der Waals surface area contributed by atoms with Crippen LogP contribution in [0, 0.1) is 0 Å². The highest BCUT2D eigenvalue weighted by atomic mass is 16.6. The van der Waals surface area contributed by atoms with Gasteiger partial charge in [0.2, 0.25) is 0 Å². The van der Waals surface area contributed by atoms with Crippen molar-refractivity contribution in [3.05, 3.63) is 48.6 Å². The number of unbranched alkanes of at least 4 members (excludes halogenated alkanes) is 30. The fraction of sp³-hybridized carbons (Fsp3) is 0.807. The van der Waals surface area contributed by atoms with Gasteiger partial charge in [0.25, 0.3) is 0 Å². The Morgan fingerprint density at radius 3 is 1.00 bits per heavy atom. The highest BCUT2D eigenvalue weighted by Gasteiger charge is 2.19. The zero-order valence-electron chi connectivity index (χ0n) is 41.8. The molecule has 6 heteroatoms. The summed E-state index contributed by atoms with van der Waals surface area (Å²) in [5.74, 6) is -0.907. The van der Waals surface area contributed by atoms with E-state index in [0.29, 0.717) is 19.3 Å². The van der Waals surface area contributed by atoms with Crippen LogP contribution in [0.15, 0.2) is 48.6 Å². The Morgan fingerprint density at radius 2 is 0.619 bits per heavy atom. The third kappa shape index (κ3) is 50.2. The van der Waals surface area contributed by atoms with Crippen molar-refractivity contribution in [2.75, 3.05) is 13.2 Å². The minimum Gasteiger partial charge on any atom is -0.462 e. The molecule has 0 aromatic carbocycles. The first kappa shape index (κ1) is 60.4. The van der Waals surface area contributed by atoms with Gasteiger partial charge in [0, 0.05) is 19.3 Å². The highest BCUT2D eigenvalue weighted by Crippen LogP contribution is 2.15. The number of hydrogen-bond acceptors (Lipinski definition) is 6. The van der Waals surface area contributed by atoms with Gasteiger partial charge in [-0.05, 0) is 77.0 Å². The molecule has 0 spiro atoms. The summed E-state index contributed by atoms with van der Waals surface area (Å²) >= 11 is 0. The van der Waals surface area contributed by atoms with Crippen molar-refractivity contribution in [2.45, 2.75) is 284 Å². The van der Waals surface area contributed by atoms with E-state index in [9.17, 15) is 14.4 Å². The van der Waals surface area contributed by atoms with E-state index in [1.165, 1.54) is 154 Å². The zero-order chi connectivity index (χ0) is 45.8. The van der Waals surface area contributed by atoms with Gasteiger partial charge in [-0.2, -0.15) is 0 Å². The van der Waals surface area contributed by atoms with Gasteiger partial charge in [0.05, 0.1) is 0 Å². The first-order chi connectivity index (χ1) is 31.0. The lowest BCUT2D eigenvalue weighted by molar-refractivity contribution is -0.167. The van der Waals surface area contributed by atoms with Crippen LogP contribution >= 0.6 is 0 Å². The summed E-state index contributed by atoms with van der Waals surface area (Å²) in [5.41, 5.74) is 0. The van der Waals surface area contributed by atoms with Gasteiger partial charge in [-0.15, -0.1) is 0 Å². The normalized spacial score (nSPS) is 12.4. The summed E-state index contributed by atoms with van der Waals surface area (Å²) in [6, 6.07) is 0. The van der Waals surface area contributed by atoms with Gasteiger partial charge in [-0.1, -0.05) is 230 Å². The molecular formula is C57H102O6. The van der Waals surface area contributed by atoms with Gasteiger partial charge in [-0.3, -0.25) is 14.4 Å². The van der Waals surface area contributed by atoms with Gasteiger partial charge >= 0.3 is 17.9 Å². The number of rotatable bonds is 49. The molecule has 6 nitrogen and oxygen atoms in total. The Labute approximate surface area is 390 Å². The maximum Gasteiger partial charge on any atom is 0.306 e. The van der Waals surface area contributed by atoms with E-state index in [1.54, 1.807) is 0 Å². The predicted octanol–water partition coefficient (Wildman–Crippen LogP) is 17.9. The molecule has 0 amide bonds. The third-order valence-electron chi connectivity index (χ3n) is 11.8. The number of carbonyl (C=O) groups excluding carboxylic acids is 3. The molecular weight excluding hydrogens is 781 g/mol. The van der Waals surface area contributed by atoms with Crippen LogP contribution in [0.25, 0.3) is 0 Å². The molecule has 1 atom stereocenters. The summed E-state index contributed by atoms with van der Waals surface area (Å²) in [4.78, 5) is 38.0. The average molecular weight is 883 g/mol. The largest absolute Gasteiger partial charge is 0.462 e. The smallest absolute Gasteiger partial charge is 0.306 e. The van der Waals surface area contributed by atoms with Crippen LogP contribution in [0.3, 0.4) is 0 Å². The Bertz CT molecular complexity index is 1110. The molecule has 0 aromatic heterocycles. The molecule has 0 aliphatic rings. The molecule has 0 aliphatic carbocycles. The van der Waals surface area contributed by atoms with Crippen molar-refractivity contribution in [3.63, 3.8) is 0 Å². The summed E-state index contributed by atoms with van der Waals surface area (Å²) in [6.45, 7) is 6.51. The van der Waals surface area contributed by atoms with Crippen molar-refractivity contribution >= 4 is 17.9 Å². The standard InChI is InChI=1S/C57H102O6/c1-4-7-10-13-16-19-22-24-25-26-27-28-29-30-31-33-35-38-41-44-47-50-56(59)62-53-54(52-61-55(58)49-46-43-40-37-34-21-18-15-12-9-6-3)63-57(60)51-48-45-42-39-36-32-23-20-17-14-11-8-5-2/h8,11,17,20,26-27,32,36,54H,4-7,9-10,12-16,18-19,21-25,28-31,33-35,37-53H2,1-3H3/b11-8-,20-17-,27-26-,36-32-. The molecule has 0 saturated heterocycles. The SMILES string of the molecule is CC/C=C\C/C=C\C/C=C\CCCCCC(=O)OC(COC(=O)CCCCCCCCCCC/C=C\CCCCCCCCCC)COC(=O)CCCCCCCCCCCCC. The monoisotopic (exact) mass is 883 g/mol. The van der Waals surface area contributed by atoms with Crippen molar-refractivity contribution in [3.8, 4) is 0 Å². The van der Waals surface area contributed by atoms with Crippen LogP contribution in [-0.4, -0.2) is 37.2 Å². The molecule has 0 aliphatic heterocycles. The van der Waals surface area contributed by atoms with Gasteiger partial charge in [0.1, 0.15) is 13.2 Å². The second-order valence-electron chi connectivity index (χ2n) is 18.1. The molecule has 366 valence electrons. The number of allylic oxidation sites excluding steroid dienone is 8. The minimum absolute atomic E-state index is 0.0833. The Kier molecular flexibility index (Phi) is 49.8. The van der Waals surface area contributed by atoms with Crippen molar-refractivity contribution in [1.29, 1.82) is 0 Å². The summed E-state index contributed by atoms with van der Waals surface area (Å²) in [5, 5.41) is 0. The Balaban J connectivity index is 4.30. The van der Waals surface area contributed by atoms with Crippen LogP contribution < -0.4 is 0 Å². The molecule has 0 heterocycles. The van der Waals surface area contributed by atoms with E-state index in [1.807, 2.05) is 0 Å². The summed E-state index contributed by atoms with van der Waals surface area (Å²) < 4.78 is 16.8. The highest BCUT2D eigenvalue weighted by molar-refractivity contribution is 5.71. The molecule has 0 radical (unpaired) electrons. The average Bonchev–Trinajstić information content (AvgIpc) is 3.28. The number of esters is 3. The Morgan fingerprint density at radius 1 is 0.333 bits per heavy atom. The quantitative estimate of drug-likeness (QED) is 0.0262. The topological polar surface area (TPSA) is 78.9 Å². The molecule has 0 N–H and O–H groups in total. The number of hydrogen-bond donors (Lipinski definition) is 0. The van der Waals surface area contributed by atoms with E-state index in [-0.39, 0.29) is 31.1 Å². The van der Waals surface area contributed by atoms with E-state index in [0.717, 1.165) is 83.5 Å². The first-order valence-electron chi connectivity index (χ1n) is 27.1. The molecule has 0 bridgehead atoms. The van der Waals surface area contributed by atoms with E-state index in [4.69, 9.17) is 14.2 Å². The molecule has 1 unspecified atom stereocenters. The summed E-state index contributed by atoms with van der Waals surface area (Å²) in [7, 11) is 0. The third-order valence-corrected chi connectivity index (χ3v) is 11.8. The van der Waals surface area contributed by atoms with Crippen molar-refractivity contribution < 1.29 is 28.6 Å². The van der Waals surface area contributed by atoms with Crippen LogP contribution in [0.1, 0.15) is 278 Å². The second kappa shape index (κ2) is 52.0. The molecule has 0 aromatic rings. The van der Waals surface area contributed by atoms with Gasteiger partial charge in [-0.25, -0.2) is 0 Å². The second-order valence-corrected chi connectivity index (χ2v) is 18.1. The van der Waals surface area contributed by atoms with Crippen LogP contribution in [0.2, 0.25) is 0 Å². The number of ether oxygens (including phenoxy) is 3. The fourth-order valence-corrected chi connectivity index (χ4v) is 7.75. The van der Waals surface area contributed by atoms with E-state index in [2.05, 4.69) is 69.4 Å². The maximum absolute atomic E-state index is 12.8. The molecule has 63 heavy (non-hydrogen) atoms. The van der Waals surface area contributed by atoms with Gasteiger partial charge < -0.3 is 14.2 Å². The lowest BCUT2D eigenvalue weighted by atomic mass is 10.1. The minimum atomic E-state index is -0.785. The zero-order valence-corrected chi connectivity index (χ0v) is 41.8. The van der Waals surface area contributed by atoms with Crippen LogP contribution in [-0.2, 0) is 28.6 Å². The molecule has 0 rings (SSSR count). The lowest BCUT2D eigenvalue weighted by Crippen LogP contribution is -2.30. The first-order valence-corrected chi connectivity index (χ1v) is 27.1. The fourth-order valence-electron chi connectivity index (χ4n) is 7.75. The summed E-state index contributed by atoms with van der Waals surface area (Å²) in [6.07, 6.45) is 62.5. The van der Waals surface area contributed by atoms with Crippen molar-refractivity contribution in [2.24, 2.45) is 0 Å². The maximum atomic E-state index is 12.8. The lowest BCUT2D eigenvalue weighted by Gasteiger charge is -2.18. The van der Waals surface area contributed by atoms with E-state index >= 15 is 0 Å². The van der Waals surface area contributed by atoms with Crippen molar-refractivity contribution in [1.82, 2.24) is 0 Å². The molecule has 0 saturated carbocycles. The number of carbonyl (C=O) groups is 3. The van der Waals surface area contributed by atoms with Gasteiger partial charge in [0.15, 0.2) is 6.10 Å². The molecule has 0 fully saturated rings. The predicted molar refractivity (Wildman–Crippen MR) is 270 cm³/mol. The van der Waals surface area contributed by atoms with E-state index < -0.39 is 6.10 Å². The van der Waals surface area contributed by atoms with Crippen LogP contribution in [0.5, 0.6) is 0 Å².